The lowest BCUT2D eigenvalue weighted by molar-refractivity contribution is -0.119. The monoisotopic (exact) mass is 280 g/mol. The van der Waals surface area contributed by atoms with Crippen LogP contribution in [0, 0.1) is 19.8 Å². The van der Waals surface area contributed by atoms with Crippen LogP contribution in [0.25, 0.3) is 0 Å². The van der Waals surface area contributed by atoms with Crippen LogP contribution in [0.15, 0.2) is 42.5 Å². The predicted octanol–water partition coefficient (Wildman–Crippen LogP) is 3.53. The number of para-hydroxylation sites is 1. The summed E-state index contributed by atoms with van der Waals surface area (Å²) in [5, 5.41) is 6.39. The molecule has 2 aromatic rings. The Morgan fingerprint density at radius 3 is 2.62 bits per heavy atom. The highest BCUT2D eigenvalue weighted by Gasteiger charge is 2.24. The van der Waals surface area contributed by atoms with E-state index in [0.29, 0.717) is 6.54 Å². The van der Waals surface area contributed by atoms with Crippen molar-refractivity contribution in [2.75, 3.05) is 17.2 Å². The van der Waals surface area contributed by atoms with Crippen molar-refractivity contribution in [3.63, 3.8) is 0 Å². The van der Waals surface area contributed by atoms with E-state index in [1.54, 1.807) is 0 Å². The number of hydrogen-bond acceptors (Lipinski definition) is 2. The zero-order valence-electron chi connectivity index (χ0n) is 12.4. The second-order valence-corrected chi connectivity index (χ2v) is 5.80. The van der Waals surface area contributed by atoms with Crippen LogP contribution in [0.5, 0.6) is 0 Å². The molecule has 21 heavy (non-hydrogen) atoms. The molecule has 0 radical (unpaired) electrons. The second kappa shape index (κ2) is 5.60. The van der Waals surface area contributed by atoms with Crippen molar-refractivity contribution in [3.05, 3.63) is 59.2 Å². The van der Waals surface area contributed by atoms with E-state index in [0.717, 1.165) is 28.9 Å². The third-order valence-electron chi connectivity index (χ3n) is 3.88. The number of benzene rings is 2. The highest BCUT2D eigenvalue weighted by molar-refractivity contribution is 5.93. The fourth-order valence-corrected chi connectivity index (χ4v) is 2.92. The summed E-state index contributed by atoms with van der Waals surface area (Å²) in [6.45, 7) is 4.77. The Balaban J connectivity index is 1.72. The van der Waals surface area contributed by atoms with Gasteiger partial charge in [0.1, 0.15) is 0 Å². The molecule has 0 saturated heterocycles. The molecule has 1 unspecified atom stereocenters. The van der Waals surface area contributed by atoms with Gasteiger partial charge in [-0.3, -0.25) is 4.79 Å². The molecule has 3 nitrogen and oxygen atoms in total. The molecule has 0 fully saturated rings. The summed E-state index contributed by atoms with van der Waals surface area (Å²) in [5.41, 5.74) is 5.57. The number of fused-ring (bicyclic) bond motifs is 1. The summed E-state index contributed by atoms with van der Waals surface area (Å²) in [7, 11) is 0. The lowest BCUT2D eigenvalue weighted by Gasteiger charge is -2.25. The Morgan fingerprint density at radius 1 is 1.14 bits per heavy atom. The van der Waals surface area contributed by atoms with Crippen molar-refractivity contribution >= 4 is 17.3 Å². The van der Waals surface area contributed by atoms with E-state index < -0.39 is 0 Å². The number of aryl methyl sites for hydroxylation is 2. The van der Waals surface area contributed by atoms with Crippen molar-refractivity contribution < 1.29 is 4.79 Å². The molecular weight excluding hydrogens is 260 g/mol. The predicted molar refractivity (Wildman–Crippen MR) is 86.7 cm³/mol. The summed E-state index contributed by atoms with van der Waals surface area (Å²) in [4.78, 5) is 12.4. The molecule has 0 saturated carbocycles. The van der Waals surface area contributed by atoms with Crippen LogP contribution in [0.4, 0.5) is 11.4 Å². The first-order chi connectivity index (χ1) is 10.1. The van der Waals surface area contributed by atoms with Crippen molar-refractivity contribution in [3.8, 4) is 0 Å². The molecule has 108 valence electrons. The third-order valence-corrected chi connectivity index (χ3v) is 3.88. The van der Waals surface area contributed by atoms with E-state index >= 15 is 0 Å². The van der Waals surface area contributed by atoms with Crippen LogP contribution in [0.3, 0.4) is 0 Å². The number of hydrogen-bond donors (Lipinski definition) is 2. The van der Waals surface area contributed by atoms with Gasteiger partial charge in [-0.25, -0.2) is 0 Å². The maximum Gasteiger partial charge on any atom is 0.229 e. The van der Waals surface area contributed by atoms with Gasteiger partial charge in [0, 0.05) is 17.9 Å². The molecule has 2 aromatic carbocycles. The molecule has 0 aliphatic carbocycles. The Labute approximate surface area is 125 Å². The molecule has 3 rings (SSSR count). The van der Waals surface area contributed by atoms with Gasteiger partial charge >= 0.3 is 0 Å². The third kappa shape index (κ3) is 3.07. The van der Waals surface area contributed by atoms with Crippen molar-refractivity contribution in [1.29, 1.82) is 0 Å². The highest BCUT2D eigenvalue weighted by atomic mass is 16.1. The summed E-state index contributed by atoms with van der Waals surface area (Å²) < 4.78 is 0. The number of anilines is 2. The van der Waals surface area contributed by atoms with Crippen LogP contribution in [0.1, 0.15) is 16.7 Å². The van der Waals surface area contributed by atoms with E-state index in [4.69, 9.17) is 0 Å². The Kier molecular flexibility index (Phi) is 3.65. The molecule has 3 heteroatoms. The molecule has 1 aliphatic heterocycles. The van der Waals surface area contributed by atoms with Crippen LogP contribution in [0.2, 0.25) is 0 Å². The maximum atomic E-state index is 12.4. The lowest BCUT2D eigenvalue weighted by Crippen LogP contribution is -2.33. The van der Waals surface area contributed by atoms with Crippen LogP contribution >= 0.6 is 0 Å². The van der Waals surface area contributed by atoms with E-state index in [9.17, 15) is 4.79 Å². The van der Waals surface area contributed by atoms with Gasteiger partial charge in [-0.15, -0.1) is 0 Å². The van der Waals surface area contributed by atoms with Crippen LogP contribution < -0.4 is 10.6 Å². The van der Waals surface area contributed by atoms with Crippen molar-refractivity contribution in [2.45, 2.75) is 20.3 Å². The second-order valence-electron chi connectivity index (χ2n) is 5.80. The molecule has 0 spiro atoms. The van der Waals surface area contributed by atoms with Crippen molar-refractivity contribution in [2.24, 2.45) is 5.92 Å². The normalized spacial score (nSPS) is 16.8. The van der Waals surface area contributed by atoms with Gasteiger partial charge in [0.25, 0.3) is 0 Å². The van der Waals surface area contributed by atoms with Gasteiger partial charge in [-0.05, 0) is 55.2 Å². The molecule has 1 amide bonds. The minimum atomic E-state index is -0.0271. The van der Waals surface area contributed by atoms with Gasteiger partial charge in [-0.1, -0.05) is 24.3 Å². The van der Waals surface area contributed by atoms with Crippen LogP contribution in [-0.4, -0.2) is 12.5 Å². The molecule has 1 aliphatic rings. The Morgan fingerprint density at radius 2 is 1.86 bits per heavy atom. The topological polar surface area (TPSA) is 41.1 Å². The molecule has 2 N–H and O–H groups in total. The number of amides is 1. The average molecular weight is 280 g/mol. The van der Waals surface area contributed by atoms with Crippen molar-refractivity contribution in [1.82, 2.24) is 0 Å². The van der Waals surface area contributed by atoms with Gasteiger partial charge in [0.2, 0.25) is 5.91 Å². The number of carbonyl (C=O) groups is 1. The first-order valence-electron chi connectivity index (χ1n) is 7.33. The minimum Gasteiger partial charge on any atom is -0.384 e. The Bertz CT molecular complexity index is 658. The minimum absolute atomic E-state index is 0.0271. The summed E-state index contributed by atoms with van der Waals surface area (Å²) >= 11 is 0. The summed E-state index contributed by atoms with van der Waals surface area (Å²) in [6, 6.07) is 14.3. The van der Waals surface area contributed by atoms with Gasteiger partial charge < -0.3 is 10.6 Å². The van der Waals surface area contributed by atoms with E-state index in [-0.39, 0.29) is 11.8 Å². The number of nitrogens with one attached hydrogen (secondary N) is 2. The molecular formula is C18H20N2O. The zero-order valence-corrected chi connectivity index (χ0v) is 12.4. The van der Waals surface area contributed by atoms with Gasteiger partial charge in [0.15, 0.2) is 0 Å². The smallest absolute Gasteiger partial charge is 0.229 e. The number of carbonyl (C=O) groups excluding carboxylic acids is 1. The number of rotatable bonds is 2. The quantitative estimate of drug-likeness (QED) is 0.883. The molecule has 1 heterocycles. The van der Waals surface area contributed by atoms with E-state index in [2.05, 4.69) is 28.8 Å². The molecule has 0 aromatic heterocycles. The largest absolute Gasteiger partial charge is 0.384 e. The SMILES string of the molecule is Cc1cc(C)cc(NC(=O)C2CNc3ccccc3C2)c1. The lowest BCUT2D eigenvalue weighted by atomic mass is 9.93. The molecule has 0 bridgehead atoms. The fourth-order valence-electron chi connectivity index (χ4n) is 2.92. The highest BCUT2D eigenvalue weighted by Crippen LogP contribution is 2.25. The van der Waals surface area contributed by atoms with Crippen LogP contribution in [-0.2, 0) is 11.2 Å². The standard InChI is InChI=1S/C18H20N2O/c1-12-7-13(2)9-16(8-12)20-18(21)15-10-14-5-3-4-6-17(14)19-11-15/h3-9,15,19H,10-11H2,1-2H3,(H,20,21). The maximum absolute atomic E-state index is 12.4. The Hall–Kier alpha value is -2.29. The first kappa shape index (κ1) is 13.7. The average Bonchev–Trinajstić information content (AvgIpc) is 2.45. The summed E-state index contributed by atoms with van der Waals surface area (Å²) in [5.74, 6) is 0.0581. The first-order valence-corrected chi connectivity index (χ1v) is 7.33. The fraction of sp³-hybridized carbons (Fsp3) is 0.278. The zero-order chi connectivity index (χ0) is 14.8. The van der Waals surface area contributed by atoms with E-state index in [1.807, 2.05) is 38.1 Å². The molecule has 1 atom stereocenters. The summed E-state index contributed by atoms with van der Waals surface area (Å²) in [6.07, 6.45) is 0.791. The van der Waals surface area contributed by atoms with E-state index in [1.165, 1.54) is 5.56 Å². The van der Waals surface area contributed by atoms with Gasteiger partial charge in [-0.2, -0.15) is 0 Å². The van der Waals surface area contributed by atoms with Gasteiger partial charge in [0.05, 0.1) is 5.92 Å².